The standard InChI is InChI=1S/C27H44O2.C3H8/c1-19(8-6-16-26(3,4)29)23-14-15-24-22(9-7-17-27(23,24)5)13-12-21-11-10-20(2)25(28)18-21;1-3-2/h12-13,19,23-25,28-29H,2,6-11,14-18H2,1,3-5H3;3H2,1-2H3/b21-12-,22-13+;/t19-,23?,24?,25+,27+;/m0./s1. The van der Waals surface area contributed by atoms with Gasteiger partial charge in [0.2, 0.25) is 0 Å². The molecule has 3 saturated carbocycles. The molecule has 2 unspecified atom stereocenters. The topological polar surface area (TPSA) is 40.5 Å². The highest BCUT2D eigenvalue weighted by Crippen LogP contribution is 2.59. The molecule has 0 aromatic heterocycles. The van der Waals surface area contributed by atoms with E-state index in [1.165, 1.54) is 50.5 Å². The Balaban J connectivity index is 0.00000114. The molecule has 3 aliphatic rings. The quantitative estimate of drug-likeness (QED) is 0.406. The van der Waals surface area contributed by atoms with E-state index in [9.17, 15) is 10.2 Å². The summed E-state index contributed by atoms with van der Waals surface area (Å²) in [6.45, 7) is 17.1. The highest BCUT2D eigenvalue weighted by Gasteiger charge is 2.50. The molecule has 3 aliphatic carbocycles. The van der Waals surface area contributed by atoms with Gasteiger partial charge in [-0.05, 0) is 100 Å². The van der Waals surface area contributed by atoms with E-state index in [0.717, 1.165) is 55.4 Å². The third-order valence-corrected chi connectivity index (χ3v) is 8.40. The predicted molar refractivity (Wildman–Crippen MR) is 139 cm³/mol. The molecule has 0 aliphatic heterocycles. The number of aliphatic hydroxyl groups is 2. The Morgan fingerprint density at radius 1 is 1.16 bits per heavy atom. The molecule has 2 heteroatoms. The van der Waals surface area contributed by atoms with Crippen LogP contribution in [0.4, 0.5) is 0 Å². The summed E-state index contributed by atoms with van der Waals surface area (Å²) in [5.74, 6) is 2.29. The van der Waals surface area contributed by atoms with Gasteiger partial charge in [-0.1, -0.05) is 76.8 Å². The molecule has 2 nitrogen and oxygen atoms in total. The van der Waals surface area contributed by atoms with Crippen molar-refractivity contribution < 1.29 is 10.2 Å². The fourth-order valence-corrected chi connectivity index (χ4v) is 6.63. The number of hydrogen-bond donors (Lipinski definition) is 2. The van der Waals surface area contributed by atoms with Crippen molar-refractivity contribution in [2.75, 3.05) is 0 Å². The minimum Gasteiger partial charge on any atom is -0.390 e. The maximum atomic E-state index is 10.1. The summed E-state index contributed by atoms with van der Waals surface area (Å²) in [6, 6.07) is 0. The SMILES string of the molecule is C=C1CC/C(=C/C=C2\CCC[C@@]3(C)C2CCC3[C@@H](C)CCCC(C)(C)O)C[C@H]1O.CCC. The molecule has 0 radical (unpaired) electrons. The maximum absolute atomic E-state index is 10.1. The molecule has 0 saturated heterocycles. The summed E-state index contributed by atoms with van der Waals surface area (Å²) in [5.41, 5.74) is 3.96. The van der Waals surface area contributed by atoms with E-state index in [1.54, 1.807) is 5.57 Å². The molecule has 32 heavy (non-hydrogen) atoms. The Kier molecular flexibility index (Phi) is 10.3. The molecule has 0 aromatic carbocycles. The first-order valence-corrected chi connectivity index (χ1v) is 13.5. The summed E-state index contributed by atoms with van der Waals surface area (Å²) >= 11 is 0. The summed E-state index contributed by atoms with van der Waals surface area (Å²) in [7, 11) is 0. The predicted octanol–water partition coefficient (Wildman–Crippen LogP) is 8.15. The first-order valence-electron chi connectivity index (χ1n) is 13.5. The highest BCUT2D eigenvalue weighted by atomic mass is 16.3. The fourth-order valence-electron chi connectivity index (χ4n) is 6.63. The van der Waals surface area contributed by atoms with Gasteiger partial charge in [0.1, 0.15) is 0 Å². The molecule has 3 rings (SSSR count). The van der Waals surface area contributed by atoms with Gasteiger partial charge in [0.15, 0.2) is 0 Å². The van der Waals surface area contributed by atoms with Crippen LogP contribution in [0, 0.1) is 23.2 Å². The normalized spacial score (nSPS) is 34.2. The Morgan fingerprint density at radius 3 is 2.47 bits per heavy atom. The van der Waals surface area contributed by atoms with Gasteiger partial charge in [-0.3, -0.25) is 0 Å². The zero-order valence-corrected chi connectivity index (χ0v) is 22.1. The maximum Gasteiger partial charge on any atom is 0.0784 e. The largest absolute Gasteiger partial charge is 0.390 e. The highest BCUT2D eigenvalue weighted by molar-refractivity contribution is 5.28. The average Bonchev–Trinajstić information content (AvgIpc) is 3.06. The first-order chi connectivity index (χ1) is 15.0. The van der Waals surface area contributed by atoms with Crippen LogP contribution in [0.3, 0.4) is 0 Å². The summed E-state index contributed by atoms with van der Waals surface area (Å²) < 4.78 is 0. The Labute approximate surface area is 199 Å². The lowest BCUT2D eigenvalue weighted by Gasteiger charge is -2.44. The lowest BCUT2D eigenvalue weighted by atomic mass is 9.60. The van der Waals surface area contributed by atoms with Crippen molar-refractivity contribution in [3.63, 3.8) is 0 Å². The summed E-state index contributed by atoms with van der Waals surface area (Å²) in [6.07, 6.45) is 18.3. The monoisotopic (exact) mass is 444 g/mol. The third kappa shape index (κ3) is 7.32. The zero-order valence-electron chi connectivity index (χ0n) is 22.1. The molecular formula is C30H52O2. The van der Waals surface area contributed by atoms with E-state index in [2.05, 4.69) is 46.4 Å². The van der Waals surface area contributed by atoms with Crippen LogP contribution in [-0.2, 0) is 0 Å². The van der Waals surface area contributed by atoms with E-state index in [0.29, 0.717) is 5.41 Å². The Hall–Kier alpha value is -0.860. The minimum atomic E-state index is -0.533. The van der Waals surface area contributed by atoms with E-state index < -0.39 is 5.60 Å². The van der Waals surface area contributed by atoms with Gasteiger partial charge >= 0.3 is 0 Å². The van der Waals surface area contributed by atoms with Crippen LogP contribution >= 0.6 is 0 Å². The summed E-state index contributed by atoms with van der Waals surface area (Å²) in [5, 5.41) is 20.1. The van der Waals surface area contributed by atoms with Gasteiger partial charge in [-0.2, -0.15) is 0 Å². The van der Waals surface area contributed by atoms with E-state index in [1.807, 2.05) is 13.8 Å². The van der Waals surface area contributed by atoms with E-state index in [4.69, 9.17) is 0 Å². The van der Waals surface area contributed by atoms with Crippen molar-refractivity contribution in [2.45, 2.75) is 130 Å². The fraction of sp³-hybridized carbons (Fsp3) is 0.800. The van der Waals surface area contributed by atoms with Crippen molar-refractivity contribution in [3.8, 4) is 0 Å². The molecule has 5 atom stereocenters. The van der Waals surface area contributed by atoms with Crippen LogP contribution in [0.15, 0.2) is 35.5 Å². The van der Waals surface area contributed by atoms with Crippen molar-refractivity contribution in [1.82, 2.24) is 0 Å². The van der Waals surface area contributed by atoms with E-state index >= 15 is 0 Å². The molecule has 0 spiro atoms. The second kappa shape index (κ2) is 12.0. The van der Waals surface area contributed by atoms with Crippen LogP contribution in [-0.4, -0.2) is 21.9 Å². The molecule has 0 aromatic rings. The second-order valence-corrected chi connectivity index (χ2v) is 11.9. The molecule has 0 amide bonds. The second-order valence-electron chi connectivity index (χ2n) is 11.9. The van der Waals surface area contributed by atoms with Gasteiger partial charge in [-0.15, -0.1) is 0 Å². The van der Waals surface area contributed by atoms with Gasteiger partial charge in [0.05, 0.1) is 11.7 Å². The van der Waals surface area contributed by atoms with Crippen LogP contribution < -0.4 is 0 Å². The van der Waals surface area contributed by atoms with Crippen molar-refractivity contribution in [3.05, 3.63) is 35.5 Å². The third-order valence-electron chi connectivity index (χ3n) is 8.40. The molecule has 184 valence electrons. The smallest absolute Gasteiger partial charge is 0.0784 e. The van der Waals surface area contributed by atoms with Crippen LogP contribution in [0.1, 0.15) is 119 Å². The number of fused-ring (bicyclic) bond motifs is 1. The van der Waals surface area contributed by atoms with Gasteiger partial charge in [0, 0.05) is 0 Å². The van der Waals surface area contributed by atoms with Crippen molar-refractivity contribution in [1.29, 1.82) is 0 Å². The zero-order chi connectivity index (χ0) is 23.9. The lowest BCUT2D eigenvalue weighted by molar-refractivity contribution is 0.0596. The van der Waals surface area contributed by atoms with E-state index in [-0.39, 0.29) is 6.10 Å². The Morgan fingerprint density at radius 2 is 1.84 bits per heavy atom. The van der Waals surface area contributed by atoms with Crippen LogP contribution in [0.2, 0.25) is 0 Å². The molecule has 3 fully saturated rings. The number of hydrogen-bond acceptors (Lipinski definition) is 2. The van der Waals surface area contributed by atoms with Gasteiger partial charge in [0.25, 0.3) is 0 Å². The van der Waals surface area contributed by atoms with Gasteiger partial charge in [-0.25, -0.2) is 0 Å². The molecule has 0 heterocycles. The molecule has 0 bridgehead atoms. The van der Waals surface area contributed by atoms with Crippen molar-refractivity contribution >= 4 is 0 Å². The van der Waals surface area contributed by atoms with Gasteiger partial charge < -0.3 is 10.2 Å². The number of allylic oxidation sites excluding steroid dienone is 3. The minimum absolute atomic E-state index is 0.342. The Bertz CT molecular complexity index is 665. The van der Waals surface area contributed by atoms with Crippen molar-refractivity contribution in [2.24, 2.45) is 23.2 Å². The lowest BCUT2D eigenvalue weighted by Crippen LogP contribution is -2.36. The first kappa shape index (κ1) is 27.4. The average molecular weight is 445 g/mol. The summed E-state index contributed by atoms with van der Waals surface area (Å²) in [4.78, 5) is 0. The molecular weight excluding hydrogens is 392 g/mol. The number of rotatable bonds is 6. The molecule has 2 N–H and O–H groups in total. The number of aliphatic hydroxyl groups excluding tert-OH is 1. The van der Waals surface area contributed by atoms with Crippen LogP contribution in [0.5, 0.6) is 0 Å². The van der Waals surface area contributed by atoms with Crippen LogP contribution in [0.25, 0.3) is 0 Å².